The van der Waals surface area contributed by atoms with Crippen LogP contribution in [0.3, 0.4) is 0 Å². The summed E-state index contributed by atoms with van der Waals surface area (Å²) in [5.74, 6) is -1.05. The van der Waals surface area contributed by atoms with Crippen molar-refractivity contribution in [3.63, 3.8) is 0 Å². The lowest BCUT2D eigenvalue weighted by molar-refractivity contribution is -0.167. The molecule has 0 aromatic rings. The Bertz CT molecular complexity index is 305. The second-order valence-electron chi connectivity index (χ2n) is 4.97. The first kappa shape index (κ1) is 11.4. The molecule has 90 valence electrons. The predicted molar refractivity (Wildman–Crippen MR) is 58.9 cm³/mol. The minimum Gasteiger partial charge on any atom is -0.480 e. The van der Waals surface area contributed by atoms with Crippen molar-refractivity contribution in [3.05, 3.63) is 0 Å². The Labute approximate surface area is 95.6 Å². The van der Waals surface area contributed by atoms with Crippen LogP contribution in [0.2, 0.25) is 0 Å². The third-order valence-electron chi connectivity index (χ3n) is 3.74. The summed E-state index contributed by atoms with van der Waals surface area (Å²) in [4.78, 5) is 25.4. The van der Waals surface area contributed by atoms with E-state index in [9.17, 15) is 14.7 Å². The maximum absolute atomic E-state index is 12.3. The highest BCUT2D eigenvalue weighted by Gasteiger charge is 2.54. The summed E-state index contributed by atoms with van der Waals surface area (Å²) in [5.41, 5.74) is -1.07. The van der Waals surface area contributed by atoms with Crippen LogP contribution in [-0.4, -0.2) is 34.5 Å². The first-order valence-corrected chi connectivity index (χ1v) is 6.16. The molecular formula is C12H19NO3. The van der Waals surface area contributed by atoms with Gasteiger partial charge in [0, 0.05) is 12.6 Å². The number of aliphatic carboxylic acids is 1. The molecule has 2 saturated carbocycles. The van der Waals surface area contributed by atoms with Crippen LogP contribution in [-0.2, 0) is 9.59 Å². The van der Waals surface area contributed by atoms with Gasteiger partial charge in [-0.25, -0.2) is 0 Å². The molecule has 0 spiro atoms. The molecule has 1 N–H and O–H groups in total. The lowest BCUT2D eigenvalue weighted by atomic mass is 9.67. The molecule has 2 rings (SSSR count). The highest BCUT2D eigenvalue weighted by atomic mass is 16.4. The average Bonchev–Trinajstić information content (AvgIpc) is 2.94. The Kier molecular flexibility index (Phi) is 2.91. The standard InChI is InChI=1S/C12H19NO3/c1-2-8-13(9-4-5-9)10(14)12(11(15)16)6-3-7-12/h9H,2-8H2,1H3,(H,15,16). The number of carbonyl (C=O) groups excluding carboxylic acids is 1. The number of hydrogen-bond acceptors (Lipinski definition) is 2. The first-order valence-electron chi connectivity index (χ1n) is 6.16. The second-order valence-corrected chi connectivity index (χ2v) is 4.97. The van der Waals surface area contributed by atoms with Crippen molar-refractivity contribution in [1.29, 1.82) is 0 Å². The Hall–Kier alpha value is -1.06. The second kappa shape index (κ2) is 4.07. The summed E-state index contributed by atoms with van der Waals surface area (Å²) >= 11 is 0. The number of carboxylic acid groups (broad SMARTS) is 1. The molecular weight excluding hydrogens is 206 g/mol. The summed E-state index contributed by atoms with van der Waals surface area (Å²) in [7, 11) is 0. The first-order chi connectivity index (χ1) is 7.62. The predicted octanol–water partition coefficient (Wildman–Crippen LogP) is 1.64. The van der Waals surface area contributed by atoms with Gasteiger partial charge in [-0.2, -0.15) is 0 Å². The molecule has 0 heterocycles. The molecule has 2 fully saturated rings. The summed E-state index contributed by atoms with van der Waals surface area (Å²) in [6, 6.07) is 0.323. The lowest BCUT2D eigenvalue weighted by Gasteiger charge is -2.40. The molecule has 0 aromatic heterocycles. The number of amides is 1. The molecule has 2 aliphatic rings. The fourth-order valence-corrected chi connectivity index (χ4v) is 2.40. The maximum Gasteiger partial charge on any atom is 0.319 e. The number of rotatable bonds is 5. The monoisotopic (exact) mass is 225 g/mol. The Balaban J connectivity index is 2.11. The van der Waals surface area contributed by atoms with E-state index in [4.69, 9.17) is 0 Å². The smallest absolute Gasteiger partial charge is 0.319 e. The molecule has 0 atom stereocenters. The molecule has 0 unspecified atom stereocenters. The van der Waals surface area contributed by atoms with Crippen molar-refractivity contribution in [2.45, 2.75) is 51.5 Å². The summed E-state index contributed by atoms with van der Waals surface area (Å²) < 4.78 is 0. The van der Waals surface area contributed by atoms with Crippen LogP contribution in [0.4, 0.5) is 0 Å². The van der Waals surface area contributed by atoms with Crippen LogP contribution in [0.15, 0.2) is 0 Å². The van der Waals surface area contributed by atoms with Crippen LogP contribution in [0.25, 0.3) is 0 Å². The summed E-state index contributed by atoms with van der Waals surface area (Å²) in [6.45, 7) is 2.73. The quantitative estimate of drug-likeness (QED) is 0.724. The van der Waals surface area contributed by atoms with Crippen molar-refractivity contribution in [2.75, 3.05) is 6.54 Å². The van der Waals surface area contributed by atoms with Gasteiger partial charge in [0.25, 0.3) is 0 Å². The van der Waals surface area contributed by atoms with E-state index >= 15 is 0 Å². The van der Waals surface area contributed by atoms with E-state index in [1.807, 2.05) is 11.8 Å². The van der Waals surface area contributed by atoms with Crippen LogP contribution in [0.5, 0.6) is 0 Å². The zero-order valence-corrected chi connectivity index (χ0v) is 9.74. The average molecular weight is 225 g/mol. The van der Waals surface area contributed by atoms with Gasteiger partial charge in [-0.15, -0.1) is 0 Å². The van der Waals surface area contributed by atoms with Crippen LogP contribution < -0.4 is 0 Å². The van der Waals surface area contributed by atoms with Gasteiger partial charge < -0.3 is 10.0 Å². The van der Waals surface area contributed by atoms with Crippen LogP contribution in [0.1, 0.15) is 45.4 Å². The van der Waals surface area contributed by atoms with E-state index in [2.05, 4.69) is 0 Å². The fraction of sp³-hybridized carbons (Fsp3) is 0.833. The van der Waals surface area contributed by atoms with Gasteiger partial charge in [0.05, 0.1) is 0 Å². The molecule has 4 heteroatoms. The highest BCUT2D eigenvalue weighted by molar-refractivity contribution is 6.03. The van der Waals surface area contributed by atoms with Crippen molar-refractivity contribution in [1.82, 2.24) is 4.90 Å². The maximum atomic E-state index is 12.3. The van der Waals surface area contributed by atoms with Gasteiger partial charge >= 0.3 is 5.97 Å². The van der Waals surface area contributed by atoms with Gasteiger partial charge in [0.1, 0.15) is 5.41 Å². The van der Waals surface area contributed by atoms with Gasteiger partial charge in [-0.3, -0.25) is 9.59 Å². The number of carbonyl (C=O) groups is 2. The van der Waals surface area contributed by atoms with E-state index in [1.54, 1.807) is 0 Å². The number of hydrogen-bond donors (Lipinski definition) is 1. The van der Waals surface area contributed by atoms with E-state index in [-0.39, 0.29) is 5.91 Å². The molecule has 1 amide bonds. The third-order valence-corrected chi connectivity index (χ3v) is 3.74. The number of nitrogens with zero attached hydrogens (tertiary/aromatic N) is 1. The highest BCUT2D eigenvalue weighted by Crippen LogP contribution is 2.44. The fourth-order valence-electron chi connectivity index (χ4n) is 2.40. The Morgan fingerprint density at radius 3 is 2.31 bits per heavy atom. The van der Waals surface area contributed by atoms with Gasteiger partial charge in [-0.1, -0.05) is 13.3 Å². The van der Waals surface area contributed by atoms with Crippen molar-refractivity contribution < 1.29 is 14.7 Å². The van der Waals surface area contributed by atoms with E-state index < -0.39 is 11.4 Å². The zero-order valence-electron chi connectivity index (χ0n) is 9.74. The third kappa shape index (κ3) is 1.70. The Morgan fingerprint density at radius 1 is 1.38 bits per heavy atom. The molecule has 16 heavy (non-hydrogen) atoms. The normalized spacial score (nSPS) is 22.3. The molecule has 2 aliphatic carbocycles. The van der Waals surface area contributed by atoms with Gasteiger partial charge in [0.15, 0.2) is 0 Å². The van der Waals surface area contributed by atoms with E-state index in [1.165, 1.54) is 0 Å². The van der Waals surface area contributed by atoms with E-state index in [0.717, 1.165) is 25.7 Å². The molecule has 0 bridgehead atoms. The lowest BCUT2D eigenvalue weighted by Crippen LogP contribution is -2.53. The molecule has 4 nitrogen and oxygen atoms in total. The molecule has 0 aliphatic heterocycles. The van der Waals surface area contributed by atoms with E-state index in [0.29, 0.717) is 25.4 Å². The molecule has 0 radical (unpaired) electrons. The van der Waals surface area contributed by atoms with Crippen LogP contribution >= 0.6 is 0 Å². The summed E-state index contributed by atoms with van der Waals surface area (Å²) in [5, 5.41) is 9.23. The molecule has 0 saturated heterocycles. The molecule has 0 aromatic carbocycles. The largest absolute Gasteiger partial charge is 0.480 e. The minimum atomic E-state index is -1.07. The SMILES string of the molecule is CCCN(C(=O)C1(C(=O)O)CCC1)C1CC1. The Morgan fingerprint density at radius 2 is 2.00 bits per heavy atom. The van der Waals surface area contributed by atoms with Crippen molar-refractivity contribution >= 4 is 11.9 Å². The van der Waals surface area contributed by atoms with Crippen LogP contribution in [0, 0.1) is 5.41 Å². The van der Waals surface area contributed by atoms with Crippen molar-refractivity contribution in [2.24, 2.45) is 5.41 Å². The zero-order chi connectivity index (χ0) is 11.8. The van der Waals surface area contributed by atoms with Crippen molar-refractivity contribution in [3.8, 4) is 0 Å². The summed E-state index contributed by atoms with van der Waals surface area (Å²) in [6.07, 6.45) is 4.89. The van der Waals surface area contributed by atoms with Gasteiger partial charge in [-0.05, 0) is 32.1 Å². The minimum absolute atomic E-state index is 0.129. The topological polar surface area (TPSA) is 57.6 Å². The van der Waals surface area contributed by atoms with Gasteiger partial charge in [0.2, 0.25) is 5.91 Å². The number of carboxylic acids is 1.